The quantitative estimate of drug-likeness (QED) is 0.313. The first-order valence-electron chi connectivity index (χ1n) is 12.3. The van der Waals surface area contributed by atoms with Gasteiger partial charge in [0.1, 0.15) is 12.1 Å². The zero-order chi connectivity index (χ0) is 26.8. The van der Waals surface area contributed by atoms with E-state index in [0.717, 1.165) is 35.4 Å². The summed E-state index contributed by atoms with van der Waals surface area (Å²) >= 11 is 5.90. The van der Waals surface area contributed by atoms with E-state index < -0.39 is 11.6 Å². The van der Waals surface area contributed by atoms with Crippen LogP contribution < -0.4 is 5.32 Å². The first kappa shape index (κ1) is 25.7. The molecule has 2 aliphatic heterocycles. The molecule has 2 bridgehead atoms. The maximum absolute atomic E-state index is 14.8. The predicted molar refractivity (Wildman–Crippen MR) is 142 cm³/mol. The summed E-state index contributed by atoms with van der Waals surface area (Å²) in [6.07, 6.45) is 10.9. The zero-order valence-corrected chi connectivity index (χ0v) is 21.4. The maximum atomic E-state index is 14.8. The molecule has 5 rings (SSSR count). The van der Waals surface area contributed by atoms with Crippen molar-refractivity contribution < 1.29 is 18.4 Å². The Balaban J connectivity index is 1.55. The summed E-state index contributed by atoms with van der Waals surface area (Å²) in [4.78, 5) is 35.7. The normalized spacial score (nSPS) is 19.8. The molecule has 0 spiro atoms. The van der Waals surface area contributed by atoms with Crippen molar-refractivity contribution in [2.75, 3.05) is 11.9 Å². The molecule has 194 valence electrons. The van der Waals surface area contributed by atoms with E-state index in [9.17, 15) is 18.4 Å². The Hall–Kier alpha value is -3.91. The largest absolute Gasteiger partial charge is 0.364 e. The lowest BCUT2D eigenvalue weighted by Gasteiger charge is -2.34. The highest BCUT2D eigenvalue weighted by atomic mass is 35.5. The summed E-state index contributed by atoms with van der Waals surface area (Å²) in [7, 11) is 0. The van der Waals surface area contributed by atoms with Crippen molar-refractivity contribution in [3.8, 4) is 11.1 Å². The summed E-state index contributed by atoms with van der Waals surface area (Å²) in [5.74, 6) is -2.00. The van der Waals surface area contributed by atoms with Gasteiger partial charge in [-0.15, -0.1) is 0 Å². The highest BCUT2D eigenvalue weighted by Crippen LogP contribution is 2.37. The number of benzene rings is 1. The van der Waals surface area contributed by atoms with Crippen LogP contribution in [0.3, 0.4) is 0 Å². The van der Waals surface area contributed by atoms with Gasteiger partial charge in [0.25, 0.3) is 0 Å². The molecular weight excluding hydrogens is 510 g/mol. The van der Waals surface area contributed by atoms with Crippen molar-refractivity contribution in [2.24, 2.45) is 5.92 Å². The smallest absolute Gasteiger partial charge is 0.227 e. The third-order valence-corrected chi connectivity index (χ3v) is 7.35. The van der Waals surface area contributed by atoms with Gasteiger partial charge in [-0.2, -0.15) is 0 Å². The molecule has 0 fully saturated rings. The number of anilines is 1. The number of halogens is 3. The van der Waals surface area contributed by atoms with E-state index in [0.29, 0.717) is 24.8 Å². The number of nitrogens with zero attached hydrogens (tertiary/aromatic N) is 3. The number of fused-ring (bicyclic) bond motifs is 4. The van der Waals surface area contributed by atoms with Gasteiger partial charge in [0.2, 0.25) is 5.91 Å². The number of aldehydes is 1. The van der Waals surface area contributed by atoms with Crippen LogP contribution >= 0.6 is 11.6 Å². The Kier molecular flexibility index (Phi) is 7.33. The number of rotatable bonds is 3. The summed E-state index contributed by atoms with van der Waals surface area (Å²) in [5, 5.41) is 2.78. The zero-order valence-electron chi connectivity index (χ0n) is 20.6. The van der Waals surface area contributed by atoms with Gasteiger partial charge in [-0.25, -0.2) is 8.78 Å². The molecule has 1 amide bonds. The highest BCUT2D eigenvalue weighted by molar-refractivity contribution is 6.31. The van der Waals surface area contributed by atoms with Gasteiger partial charge in [-0.05, 0) is 60.4 Å². The molecule has 1 N–H and O–H groups in total. The molecule has 0 saturated carbocycles. The van der Waals surface area contributed by atoms with Gasteiger partial charge in [0.05, 0.1) is 34.2 Å². The van der Waals surface area contributed by atoms with Crippen LogP contribution in [0, 0.1) is 17.6 Å². The minimum absolute atomic E-state index is 0.0788. The van der Waals surface area contributed by atoms with Gasteiger partial charge in [0.15, 0.2) is 5.82 Å². The molecule has 4 heterocycles. The molecule has 9 heteroatoms. The van der Waals surface area contributed by atoms with E-state index >= 15 is 0 Å². The van der Waals surface area contributed by atoms with E-state index in [1.54, 1.807) is 30.9 Å². The fourth-order valence-corrected chi connectivity index (χ4v) is 5.13. The van der Waals surface area contributed by atoms with Crippen LogP contribution in [0.2, 0.25) is 5.02 Å². The van der Waals surface area contributed by atoms with Crippen molar-refractivity contribution in [3.05, 3.63) is 94.7 Å². The lowest BCUT2D eigenvalue weighted by molar-refractivity contribution is -0.119. The molecule has 2 aliphatic rings. The molecule has 0 radical (unpaired) electrons. The number of allylic oxidation sites excluding steroid dienone is 2. The maximum Gasteiger partial charge on any atom is 0.227 e. The predicted octanol–water partition coefficient (Wildman–Crippen LogP) is 6.36. The van der Waals surface area contributed by atoms with Gasteiger partial charge >= 0.3 is 0 Å². The second kappa shape index (κ2) is 10.8. The number of aromatic nitrogens is 2. The molecule has 0 aliphatic carbocycles. The lowest BCUT2D eigenvalue weighted by atomic mass is 9.93. The summed E-state index contributed by atoms with van der Waals surface area (Å²) in [6.45, 7) is 2.02. The lowest BCUT2D eigenvalue weighted by Crippen LogP contribution is -2.30. The fraction of sp³-hybridized carbons (Fsp3) is 0.241. The number of carbonyl (C=O) groups is 2. The molecular formula is C29H25ClF2N4O2. The monoisotopic (exact) mass is 534 g/mol. The SMILES string of the molecule is CC1CCCC(N2C=CC(c3c(F)ccc(Cl)c3F)=C(C=O)C2)c2cc(ccn2)-c2ccncc2NC1=O. The fourth-order valence-electron chi connectivity index (χ4n) is 4.98. The average molecular weight is 535 g/mol. The van der Waals surface area contributed by atoms with Crippen LogP contribution in [0.25, 0.3) is 16.7 Å². The number of carbonyl (C=O) groups excluding carboxylic acids is 2. The van der Waals surface area contributed by atoms with Gasteiger partial charge in [0, 0.05) is 42.2 Å². The summed E-state index contributed by atoms with van der Waals surface area (Å²) < 4.78 is 29.4. The first-order valence-corrected chi connectivity index (χ1v) is 12.7. The third kappa shape index (κ3) is 4.96. The van der Waals surface area contributed by atoms with Gasteiger partial charge in [-0.1, -0.05) is 24.9 Å². The second-order valence-electron chi connectivity index (χ2n) is 9.49. The Bertz CT molecular complexity index is 1470. The minimum atomic E-state index is -0.903. The summed E-state index contributed by atoms with van der Waals surface area (Å²) in [6, 6.07) is 7.67. The Morgan fingerprint density at radius 3 is 2.82 bits per heavy atom. The standard InChI is InChI=1S/C29H25ClF2N4O2/c1-17-3-2-4-26(24-13-18(7-11-34-24)20-8-10-33-14-25(20)35-29(17)38)36-12-9-21(19(15-36)16-37)27-23(31)6-5-22(30)28(27)32/h5-14,16-17,26H,2-4,15H2,1H3,(H,35,38). The third-order valence-electron chi connectivity index (χ3n) is 7.06. The van der Waals surface area contributed by atoms with E-state index in [1.165, 1.54) is 0 Å². The van der Waals surface area contributed by atoms with Gasteiger partial charge in [-0.3, -0.25) is 19.6 Å². The van der Waals surface area contributed by atoms with E-state index in [-0.39, 0.29) is 46.1 Å². The molecule has 38 heavy (non-hydrogen) atoms. The molecule has 2 atom stereocenters. The molecule has 3 aromatic rings. The highest BCUT2D eigenvalue weighted by Gasteiger charge is 2.28. The number of pyridine rings is 2. The van der Waals surface area contributed by atoms with Crippen molar-refractivity contribution in [1.82, 2.24) is 14.9 Å². The topological polar surface area (TPSA) is 75.2 Å². The van der Waals surface area contributed by atoms with Crippen molar-refractivity contribution >= 4 is 35.1 Å². The molecule has 2 unspecified atom stereocenters. The Labute approximate surface area is 224 Å². The number of hydrogen-bond donors (Lipinski definition) is 1. The Morgan fingerprint density at radius 1 is 1.16 bits per heavy atom. The number of amides is 1. The van der Waals surface area contributed by atoms with Crippen LogP contribution in [-0.4, -0.2) is 33.6 Å². The molecule has 6 nitrogen and oxygen atoms in total. The van der Waals surface area contributed by atoms with Crippen molar-refractivity contribution in [2.45, 2.75) is 32.2 Å². The summed E-state index contributed by atoms with van der Waals surface area (Å²) in [5.41, 5.74) is 3.16. The van der Waals surface area contributed by atoms with E-state index in [2.05, 4.69) is 15.3 Å². The van der Waals surface area contributed by atoms with Crippen LogP contribution in [0.1, 0.15) is 43.5 Å². The number of hydrogen-bond acceptors (Lipinski definition) is 5. The van der Waals surface area contributed by atoms with E-state index in [4.69, 9.17) is 11.6 Å². The molecule has 2 aromatic heterocycles. The molecule has 1 aromatic carbocycles. The minimum Gasteiger partial charge on any atom is -0.364 e. The van der Waals surface area contributed by atoms with Crippen LogP contribution in [0.5, 0.6) is 0 Å². The first-order chi connectivity index (χ1) is 18.4. The van der Waals surface area contributed by atoms with E-state index in [1.807, 2.05) is 30.0 Å². The second-order valence-corrected chi connectivity index (χ2v) is 9.90. The van der Waals surface area contributed by atoms with Crippen molar-refractivity contribution in [3.63, 3.8) is 0 Å². The van der Waals surface area contributed by atoms with Crippen LogP contribution in [-0.2, 0) is 9.59 Å². The van der Waals surface area contributed by atoms with Gasteiger partial charge < -0.3 is 10.2 Å². The average Bonchev–Trinajstić information content (AvgIpc) is 2.93. The Morgan fingerprint density at radius 2 is 2.00 bits per heavy atom. The molecule has 0 saturated heterocycles. The van der Waals surface area contributed by atoms with Crippen LogP contribution in [0.4, 0.5) is 14.5 Å². The van der Waals surface area contributed by atoms with Crippen molar-refractivity contribution in [1.29, 1.82) is 0 Å². The number of nitrogens with one attached hydrogen (secondary N) is 1. The van der Waals surface area contributed by atoms with Crippen LogP contribution in [0.15, 0.2) is 66.8 Å².